The minimum absolute atomic E-state index is 0.0416. The van der Waals surface area contributed by atoms with Gasteiger partial charge in [0.1, 0.15) is 29.8 Å². The van der Waals surface area contributed by atoms with Crippen LogP contribution in [0.5, 0.6) is 17.2 Å². The average molecular weight is 612 g/mol. The van der Waals surface area contributed by atoms with E-state index in [4.69, 9.17) is 14.2 Å². The summed E-state index contributed by atoms with van der Waals surface area (Å²) in [4.78, 5) is 29.4. The van der Waals surface area contributed by atoms with Crippen LogP contribution in [0.3, 0.4) is 0 Å². The normalized spacial score (nSPS) is 11.9. The van der Waals surface area contributed by atoms with Crippen LogP contribution < -0.4 is 23.8 Å². The van der Waals surface area contributed by atoms with Gasteiger partial charge in [-0.05, 0) is 41.3 Å². The number of nitrogens with one attached hydrogen (secondary N) is 1. The molecule has 232 valence electrons. The van der Waals surface area contributed by atoms with Gasteiger partial charge in [-0.1, -0.05) is 56.3 Å². The highest BCUT2D eigenvalue weighted by atomic mass is 32.2. The van der Waals surface area contributed by atoms with E-state index < -0.39 is 28.5 Å². The van der Waals surface area contributed by atoms with Crippen LogP contribution in [0.15, 0.2) is 72.8 Å². The van der Waals surface area contributed by atoms with Crippen LogP contribution in [-0.2, 0) is 32.6 Å². The first-order chi connectivity index (χ1) is 20.5. The number of nitrogens with zero attached hydrogens (tertiary/aromatic N) is 2. The summed E-state index contributed by atoms with van der Waals surface area (Å²) in [6.07, 6.45) is 1.25. The molecule has 0 heterocycles. The van der Waals surface area contributed by atoms with Crippen LogP contribution in [-0.4, -0.2) is 71.8 Å². The third-order valence-electron chi connectivity index (χ3n) is 6.78. The van der Waals surface area contributed by atoms with Gasteiger partial charge in [-0.2, -0.15) is 0 Å². The summed E-state index contributed by atoms with van der Waals surface area (Å²) >= 11 is 0. The fourth-order valence-corrected chi connectivity index (χ4v) is 5.38. The second kappa shape index (κ2) is 15.3. The van der Waals surface area contributed by atoms with Crippen LogP contribution in [0.25, 0.3) is 0 Å². The molecule has 1 atom stereocenters. The van der Waals surface area contributed by atoms with Gasteiger partial charge in [-0.3, -0.25) is 13.9 Å². The maximum Gasteiger partial charge on any atom is 0.244 e. The van der Waals surface area contributed by atoms with E-state index in [2.05, 4.69) is 5.32 Å². The van der Waals surface area contributed by atoms with E-state index in [0.29, 0.717) is 18.0 Å². The topological polar surface area (TPSA) is 114 Å². The van der Waals surface area contributed by atoms with E-state index in [9.17, 15) is 18.0 Å². The number of sulfonamides is 1. The number of hydrogen-bond donors (Lipinski definition) is 1. The summed E-state index contributed by atoms with van der Waals surface area (Å²) < 4.78 is 43.3. The predicted molar refractivity (Wildman–Crippen MR) is 167 cm³/mol. The Kier molecular flexibility index (Phi) is 11.8. The maximum absolute atomic E-state index is 14.3. The summed E-state index contributed by atoms with van der Waals surface area (Å²) in [5.41, 5.74) is 1.74. The molecule has 3 rings (SSSR count). The van der Waals surface area contributed by atoms with Crippen molar-refractivity contribution >= 4 is 27.5 Å². The molecule has 2 amide bonds. The van der Waals surface area contributed by atoms with Crippen molar-refractivity contribution in [2.45, 2.75) is 32.9 Å². The minimum atomic E-state index is -3.96. The SMILES string of the molecule is COc1cccc(CN(C(=O)CN(c2ccc(OC)cc2OC)S(C)(=O)=O)[C@H](Cc2ccccc2)C(=O)NCC(C)C)c1. The molecular formula is C32H41N3O7S. The Bertz CT molecular complexity index is 1480. The standard InChI is InChI=1S/C32H41N3O7S/c1-23(2)20-33-32(37)29(18-24-11-8-7-9-12-24)34(21-25-13-10-14-26(17-25)40-3)31(36)22-35(43(6,38)39)28-16-15-27(41-4)19-30(28)42-5/h7-17,19,23,29H,18,20-22H2,1-6H3,(H,33,37)/t29-/m1/s1. The molecule has 0 aromatic heterocycles. The Morgan fingerprint density at radius 1 is 0.837 bits per heavy atom. The summed E-state index contributed by atoms with van der Waals surface area (Å²) in [6.45, 7) is 3.87. The Balaban J connectivity index is 2.10. The maximum atomic E-state index is 14.3. The molecule has 0 aliphatic rings. The third kappa shape index (κ3) is 9.37. The number of rotatable bonds is 15. The zero-order valence-corrected chi connectivity index (χ0v) is 26.4. The first kappa shape index (κ1) is 33.3. The molecular weight excluding hydrogens is 570 g/mol. The second-order valence-corrected chi connectivity index (χ2v) is 12.4. The van der Waals surface area contributed by atoms with Gasteiger partial charge in [0.15, 0.2) is 0 Å². The highest BCUT2D eigenvalue weighted by molar-refractivity contribution is 7.92. The van der Waals surface area contributed by atoms with E-state index in [1.165, 1.54) is 25.2 Å². The van der Waals surface area contributed by atoms with Crippen LogP contribution in [0.2, 0.25) is 0 Å². The van der Waals surface area contributed by atoms with Crippen LogP contribution in [0, 0.1) is 5.92 Å². The molecule has 3 aromatic carbocycles. The number of carbonyl (C=O) groups is 2. The molecule has 43 heavy (non-hydrogen) atoms. The first-order valence-electron chi connectivity index (χ1n) is 13.9. The molecule has 0 saturated carbocycles. The van der Waals surface area contributed by atoms with Crippen molar-refractivity contribution in [3.05, 3.63) is 83.9 Å². The van der Waals surface area contributed by atoms with Crippen molar-refractivity contribution < 1.29 is 32.2 Å². The molecule has 0 bridgehead atoms. The highest BCUT2D eigenvalue weighted by Crippen LogP contribution is 2.34. The number of ether oxygens (including phenoxy) is 3. The van der Waals surface area contributed by atoms with Crippen molar-refractivity contribution in [1.29, 1.82) is 0 Å². The highest BCUT2D eigenvalue weighted by Gasteiger charge is 2.34. The quantitative estimate of drug-likeness (QED) is 0.277. The van der Waals surface area contributed by atoms with Crippen LogP contribution >= 0.6 is 0 Å². The lowest BCUT2D eigenvalue weighted by Gasteiger charge is -2.34. The van der Waals surface area contributed by atoms with Gasteiger partial charge in [-0.25, -0.2) is 8.42 Å². The van der Waals surface area contributed by atoms with Crippen molar-refractivity contribution in [1.82, 2.24) is 10.2 Å². The lowest BCUT2D eigenvalue weighted by Crippen LogP contribution is -2.53. The largest absolute Gasteiger partial charge is 0.497 e. The number of carbonyl (C=O) groups excluding carboxylic acids is 2. The Morgan fingerprint density at radius 2 is 1.49 bits per heavy atom. The van der Waals surface area contributed by atoms with E-state index in [1.54, 1.807) is 37.4 Å². The molecule has 3 aromatic rings. The van der Waals surface area contributed by atoms with Gasteiger partial charge in [0, 0.05) is 25.6 Å². The molecule has 0 aliphatic heterocycles. The fraction of sp³-hybridized carbons (Fsp3) is 0.375. The van der Waals surface area contributed by atoms with E-state index >= 15 is 0 Å². The Labute approximate surface area is 254 Å². The minimum Gasteiger partial charge on any atom is -0.497 e. The predicted octanol–water partition coefficient (Wildman–Crippen LogP) is 3.89. The second-order valence-electron chi connectivity index (χ2n) is 10.5. The van der Waals surface area contributed by atoms with Gasteiger partial charge in [-0.15, -0.1) is 0 Å². The van der Waals surface area contributed by atoms with Crippen LogP contribution in [0.4, 0.5) is 5.69 Å². The van der Waals surface area contributed by atoms with Gasteiger partial charge < -0.3 is 24.4 Å². The van der Waals surface area contributed by atoms with Crippen LogP contribution in [0.1, 0.15) is 25.0 Å². The molecule has 0 fully saturated rings. The summed E-state index contributed by atoms with van der Waals surface area (Å²) in [6, 6.07) is 20.3. The summed E-state index contributed by atoms with van der Waals surface area (Å²) in [7, 11) is 0.477. The number of anilines is 1. The monoisotopic (exact) mass is 611 g/mol. The Hall–Kier alpha value is -4.25. The Morgan fingerprint density at radius 3 is 2.09 bits per heavy atom. The average Bonchev–Trinajstić information content (AvgIpc) is 3.00. The molecule has 0 saturated heterocycles. The molecule has 10 nitrogen and oxygen atoms in total. The van der Waals surface area contributed by atoms with Crippen molar-refractivity contribution in [2.24, 2.45) is 5.92 Å². The number of hydrogen-bond acceptors (Lipinski definition) is 7. The third-order valence-corrected chi connectivity index (χ3v) is 7.90. The van der Waals surface area contributed by atoms with Crippen molar-refractivity contribution in [3.63, 3.8) is 0 Å². The number of amides is 2. The van der Waals surface area contributed by atoms with Crippen molar-refractivity contribution in [2.75, 3.05) is 45.0 Å². The number of benzene rings is 3. The van der Waals surface area contributed by atoms with Gasteiger partial charge in [0.25, 0.3) is 0 Å². The number of methoxy groups -OCH3 is 3. The fourth-order valence-electron chi connectivity index (χ4n) is 4.53. The van der Waals surface area contributed by atoms with Gasteiger partial charge in [0.05, 0.1) is 33.3 Å². The van der Waals surface area contributed by atoms with E-state index in [1.807, 2.05) is 50.2 Å². The molecule has 0 spiro atoms. The summed E-state index contributed by atoms with van der Waals surface area (Å²) in [5, 5.41) is 2.97. The lowest BCUT2D eigenvalue weighted by atomic mass is 10.0. The van der Waals surface area contributed by atoms with E-state index in [-0.39, 0.29) is 36.2 Å². The molecule has 1 N–H and O–H groups in total. The zero-order chi connectivity index (χ0) is 31.6. The van der Waals surface area contributed by atoms with Gasteiger partial charge in [0.2, 0.25) is 21.8 Å². The zero-order valence-electron chi connectivity index (χ0n) is 25.6. The first-order valence-corrected chi connectivity index (χ1v) is 15.7. The molecule has 0 aliphatic carbocycles. The lowest BCUT2D eigenvalue weighted by molar-refractivity contribution is -0.140. The summed E-state index contributed by atoms with van der Waals surface area (Å²) in [5.74, 6) is 0.562. The molecule has 0 unspecified atom stereocenters. The van der Waals surface area contributed by atoms with E-state index in [0.717, 1.165) is 21.7 Å². The van der Waals surface area contributed by atoms with Crippen molar-refractivity contribution in [3.8, 4) is 17.2 Å². The molecule has 11 heteroatoms. The molecule has 0 radical (unpaired) electrons. The smallest absolute Gasteiger partial charge is 0.244 e. The van der Waals surface area contributed by atoms with Gasteiger partial charge >= 0.3 is 0 Å².